The number of para-hydroxylation sites is 1. The van der Waals surface area contributed by atoms with Crippen molar-refractivity contribution in [3.63, 3.8) is 0 Å². The zero-order chi connectivity index (χ0) is 16.8. The zero-order valence-corrected chi connectivity index (χ0v) is 14.0. The number of H-pyrrole nitrogens is 1. The molecule has 5 nitrogen and oxygen atoms in total. The van der Waals surface area contributed by atoms with Gasteiger partial charge in [-0.05, 0) is 37.8 Å². The Morgan fingerprint density at radius 1 is 1.20 bits per heavy atom. The second kappa shape index (κ2) is 5.69. The number of nitrogens with zero attached hydrogens (tertiary/aromatic N) is 2. The second-order valence-electron chi connectivity index (χ2n) is 7.13. The molecule has 1 saturated carbocycles. The summed E-state index contributed by atoms with van der Waals surface area (Å²) in [6, 6.07) is 10.1. The summed E-state index contributed by atoms with van der Waals surface area (Å²) < 4.78 is 0. The first kappa shape index (κ1) is 14.6. The third kappa shape index (κ3) is 2.69. The molecule has 1 atom stereocenters. The van der Waals surface area contributed by atoms with E-state index in [4.69, 9.17) is 4.98 Å². The largest absolute Gasteiger partial charge is 0.349 e. The number of carbonyl (C=O) groups excluding carboxylic acids is 1. The smallest absolute Gasteiger partial charge is 0.252 e. The summed E-state index contributed by atoms with van der Waals surface area (Å²) in [6.07, 6.45) is 6.76. The van der Waals surface area contributed by atoms with Gasteiger partial charge in [-0.25, -0.2) is 4.98 Å². The molecule has 2 aromatic heterocycles. The number of hydrogen-bond donors (Lipinski definition) is 2. The van der Waals surface area contributed by atoms with Crippen LogP contribution in [0.25, 0.3) is 10.9 Å². The number of imidazole rings is 1. The van der Waals surface area contributed by atoms with Crippen molar-refractivity contribution in [1.29, 1.82) is 0 Å². The molecule has 2 aliphatic rings. The van der Waals surface area contributed by atoms with Gasteiger partial charge >= 0.3 is 0 Å². The topological polar surface area (TPSA) is 70.7 Å². The third-order valence-corrected chi connectivity index (χ3v) is 5.30. The maximum Gasteiger partial charge on any atom is 0.252 e. The van der Waals surface area contributed by atoms with Crippen LogP contribution >= 0.6 is 0 Å². The Morgan fingerprint density at radius 3 is 2.96 bits per heavy atom. The van der Waals surface area contributed by atoms with Gasteiger partial charge in [0.05, 0.1) is 23.1 Å². The summed E-state index contributed by atoms with van der Waals surface area (Å²) in [4.78, 5) is 25.3. The highest BCUT2D eigenvalue weighted by Crippen LogP contribution is 2.40. The Labute approximate surface area is 145 Å². The standard InChI is InChI=1S/C20H20N4O/c25-20(23-13-7-8-17-19(9-13)22-11-21-17)15-10-18(12-5-6-12)24-16-4-2-1-3-14(15)16/h1-4,10-13H,5-9H2,(H,21,22)(H,23,25). The van der Waals surface area contributed by atoms with Crippen LogP contribution in [0.5, 0.6) is 0 Å². The molecule has 0 radical (unpaired) electrons. The van der Waals surface area contributed by atoms with Crippen LogP contribution in [-0.2, 0) is 12.8 Å². The highest BCUT2D eigenvalue weighted by Gasteiger charge is 2.28. The Kier molecular flexibility index (Phi) is 3.33. The van der Waals surface area contributed by atoms with Gasteiger partial charge in [-0.3, -0.25) is 9.78 Å². The minimum Gasteiger partial charge on any atom is -0.349 e. The average Bonchev–Trinajstić information content (AvgIpc) is 3.39. The zero-order valence-electron chi connectivity index (χ0n) is 14.0. The van der Waals surface area contributed by atoms with Crippen LogP contribution in [0.4, 0.5) is 0 Å². The number of nitrogens with one attached hydrogen (secondary N) is 2. The SMILES string of the molecule is O=C(NC1CCc2nc[nH]c2C1)c1cc(C2CC2)nc2ccccc12. The molecule has 25 heavy (non-hydrogen) atoms. The number of aromatic nitrogens is 3. The van der Waals surface area contributed by atoms with E-state index in [0.29, 0.717) is 5.92 Å². The Hall–Kier alpha value is -2.69. The second-order valence-corrected chi connectivity index (χ2v) is 7.13. The number of benzene rings is 1. The molecule has 3 aromatic rings. The van der Waals surface area contributed by atoms with E-state index in [-0.39, 0.29) is 11.9 Å². The van der Waals surface area contributed by atoms with Gasteiger partial charge in [0.15, 0.2) is 0 Å². The molecule has 1 unspecified atom stereocenters. The molecule has 0 saturated heterocycles. The number of aryl methyl sites for hydroxylation is 1. The minimum absolute atomic E-state index is 0.00784. The molecule has 2 heterocycles. The lowest BCUT2D eigenvalue weighted by molar-refractivity contribution is 0.0935. The van der Waals surface area contributed by atoms with Crippen molar-refractivity contribution < 1.29 is 4.79 Å². The first-order valence-corrected chi connectivity index (χ1v) is 8.99. The van der Waals surface area contributed by atoms with Gasteiger partial charge in [0.2, 0.25) is 0 Å². The van der Waals surface area contributed by atoms with Crippen molar-refractivity contribution in [1.82, 2.24) is 20.3 Å². The molecule has 2 N–H and O–H groups in total. The van der Waals surface area contributed by atoms with Crippen LogP contribution < -0.4 is 5.32 Å². The summed E-state index contributed by atoms with van der Waals surface area (Å²) in [6.45, 7) is 0. The highest BCUT2D eigenvalue weighted by atomic mass is 16.1. The fourth-order valence-electron chi connectivity index (χ4n) is 3.76. The van der Waals surface area contributed by atoms with E-state index >= 15 is 0 Å². The summed E-state index contributed by atoms with van der Waals surface area (Å²) in [7, 11) is 0. The summed E-state index contributed by atoms with van der Waals surface area (Å²) in [5.41, 5.74) is 5.01. The van der Waals surface area contributed by atoms with Gasteiger partial charge in [0, 0.05) is 35.2 Å². The average molecular weight is 332 g/mol. The lowest BCUT2D eigenvalue weighted by Gasteiger charge is -2.23. The Balaban J connectivity index is 1.45. The Morgan fingerprint density at radius 2 is 2.08 bits per heavy atom. The number of rotatable bonds is 3. The molecule has 1 aromatic carbocycles. The Bertz CT molecular complexity index is 957. The van der Waals surface area contributed by atoms with E-state index in [0.717, 1.165) is 52.8 Å². The van der Waals surface area contributed by atoms with E-state index in [2.05, 4.69) is 15.3 Å². The molecule has 0 spiro atoms. The number of amides is 1. The predicted molar refractivity (Wildman–Crippen MR) is 95.6 cm³/mol. The quantitative estimate of drug-likeness (QED) is 0.774. The molecule has 0 bridgehead atoms. The van der Waals surface area contributed by atoms with Gasteiger partial charge < -0.3 is 10.3 Å². The van der Waals surface area contributed by atoms with Crippen LogP contribution in [0.15, 0.2) is 36.7 Å². The summed E-state index contributed by atoms with van der Waals surface area (Å²) >= 11 is 0. The van der Waals surface area contributed by atoms with Crippen LogP contribution in [-0.4, -0.2) is 26.9 Å². The molecular weight excluding hydrogens is 312 g/mol. The van der Waals surface area contributed by atoms with Gasteiger partial charge in [-0.2, -0.15) is 0 Å². The molecule has 2 aliphatic carbocycles. The van der Waals surface area contributed by atoms with E-state index in [9.17, 15) is 4.79 Å². The fraction of sp³-hybridized carbons (Fsp3) is 0.350. The monoisotopic (exact) mass is 332 g/mol. The fourth-order valence-corrected chi connectivity index (χ4v) is 3.76. The van der Waals surface area contributed by atoms with Crippen molar-refractivity contribution in [2.24, 2.45) is 0 Å². The third-order valence-electron chi connectivity index (χ3n) is 5.30. The van der Waals surface area contributed by atoms with Gasteiger partial charge in [-0.1, -0.05) is 18.2 Å². The van der Waals surface area contributed by atoms with Crippen LogP contribution in [0.2, 0.25) is 0 Å². The first-order valence-electron chi connectivity index (χ1n) is 8.99. The van der Waals surface area contributed by atoms with Crippen molar-refractivity contribution in [2.45, 2.75) is 44.1 Å². The van der Waals surface area contributed by atoms with Gasteiger partial charge in [0.25, 0.3) is 5.91 Å². The maximum absolute atomic E-state index is 13.0. The molecular formula is C20H20N4O. The van der Waals surface area contributed by atoms with Crippen molar-refractivity contribution >= 4 is 16.8 Å². The number of hydrogen-bond acceptors (Lipinski definition) is 3. The lowest BCUT2D eigenvalue weighted by atomic mass is 9.95. The van der Waals surface area contributed by atoms with E-state index in [1.165, 1.54) is 12.8 Å². The number of pyridine rings is 1. The normalized spacial score (nSPS) is 19.6. The molecule has 5 heteroatoms. The van der Waals surface area contributed by atoms with Crippen molar-refractivity contribution in [2.75, 3.05) is 0 Å². The van der Waals surface area contributed by atoms with Crippen molar-refractivity contribution in [3.05, 3.63) is 59.3 Å². The highest BCUT2D eigenvalue weighted by molar-refractivity contribution is 6.06. The van der Waals surface area contributed by atoms with Crippen LogP contribution in [0.3, 0.4) is 0 Å². The van der Waals surface area contributed by atoms with E-state index in [1.54, 1.807) is 6.33 Å². The van der Waals surface area contributed by atoms with E-state index < -0.39 is 0 Å². The molecule has 126 valence electrons. The number of fused-ring (bicyclic) bond motifs is 2. The molecule has 1 fully saturated rings. The van der Waals surface area contributed by atoms with E-state index in [1.807, 2.05) is 30.3 Å². The molecule has 5 rings (SSSR count). The summed E-state index contributed by atoms with van der Waals surface area (Å²) in [5.74, 6) is 0.534. The summed E-state index contributed by atoms with van der Waals surface area (Å²) in [5, 5.41) is 4.16. The first-order chi connectivity index (χ1) is 12.3. The molecule has 0 aliphatic heterocycles. The lowest BCUT2D eigenvalue weighted by Crippen LogP contribution is -2.39. The minimum atomic E-state index is 0.00784. The van der Waals surface area contributed by atoms with Crippen LogP contribution in [0.1, 0.15) is 52.6 Å². The van der Waals surface area contributed by atoms with Gasteiger partial charge in [-0.15, -0.1) is 0 Å². The van der Waals surface area contributed by atoms with Crippen molar-refractivity contribution in [3.8, 4) is 0 Å². The predicted octanol–water partition coefficient (Wildman–Crippen LogP) is 3.12. The van der Waals surface area contributed by atoms with Gasteiger partial charge in [0.1, 0.15) is 0 Å². The maximum atomic E-state index is 13.0. The number of aromatic amines is 1. The molecule has 1 amide bonds. The number of carbonyl (C=O) groups is 1. The van der Waals surface area contributed by atoms with Crippen LogP contribution in [0, 0.1) is 0 Å².